The van der Waals surface area contributed by atoms with Gasteiger partial charge in [-0.25, -0.2) is 0 Å². The van der Waals surface area contributed by atoms with Crippen LogP contribution in [0.3, 0.4) is 0 Å². The van der Waals surface area contributed by atoms with Gasteiger partial charge in [0.15, 0.2) is 0 Å². The van der Waals surface area contributed by atoms with Crippen LogP contribution in [-0.2, 0) is 5.41 Å². The number of furan rings is 1. The molecule has 0 saturated heterocycles. The number of carboxylic acid groups (broad SMARTS) is 1. The maximum absolute atomic E-state index is 11.5. The van der Waals surface area contributed by atoms with Gasteiger partial charge in [-0.1, -0.05) is 27.4 Å². The minimum Gasteiger partial charge on any atom is -0.545 e. The van der Waals surface area contributed by atoms with Crippen LogP contribution < -0.4 is 9.84 Å². The third-order valence-electron chi connectivity index (χ3n) is 3.03. The average molecular weight is 287 g/mol. The standard InChI is InChI=1S/C17H20O4/c1-10(2)9-20-11-6-7-13-12(8-11)14(16(18)19)15(21-13)17(3,4)5/h6-8H,1,9H2,2-5H3,(H,18,19)/p-1. The molecule has 1 aromatic carbocycles. The summed E-state index contributed by atoms with van der Waals surface area (Å²) in [6.07, 6.45) is 0. The summed E-state index contributed by atoms with van der Waals surface area (Å²) in [5.74, 6) is -0.250. The van der Waals surface area contributed by atoms with Crippen molar-refractivity contribution < 1.29 is 19.1 Å². The zero-order valence-corrected chi connectivity index (χ0v) is 12.8. The fourth-order valence-electron chi connectivity index (χ4n) is 2.10. The highest BCUT2D eigenvalue weighted by molar-refractivity contribution is 6.03. The van der Waals surface area contributed by atoms with Crippen molar-refractivity contribution in [1.82, 2.24) is 0 Å². The van der Waals surface area contributed by atoms with Gasteiger partial charge in [-0.2, -0.15) is 0 Å². The van der Waals surface area contributed by atoms with E-state index in [1.165, 1.54) is 0 Å². The summed E-state index contributed by atoms with van der Waals surface area (Å²) >= 11 is 0. The molecule has 21 heavy (non-hydrogen) atoms. The van der Waals surface area contributed by atoms with Crippen molar-refractivity contribution in [3.05, 3.63) is 41.7 Å². The molecule has 0 aliphatic heterocycles. The highest BCUT2D eigenvalue weighted by Gasteiger charge is 2.26. The van der Waals surface area contributed by atoms with E-state index in [0.717, 1.165) is 5.57 Å². The Morgan fingerprint density at radius 2 is 2.05 bits per heavy atom. The largest absolute Gasteiger partial charge is 0.545 e. The molecule has 1 heterocycles. The van der Waals surface area contributed by atoms with Crippen molar-refractivity contribution in [2.24, 2.45) is 0 Å². The molecule has 4 nitrogen and oxygen atoms in total. The molecule has 4 heteroatoms. The van der Waals surface area contributed by atoms with E-state index >= 15 is 0 Å². The van der Waals surface area contributed by atoms with Gasteiger partial charge in [-0.3, -0.25) is 0 Å². The fraction of sp³-hybridized carbons (Fsp3) is 0.353. The second-order valence-electron chi connectivity index (χ2n) is 6.25. The van der Waals surface area contributed by atoms with Gasteiger partial charge in [0.2, 0.25) is 0 Å². The van der Waals surface area contributed by atoms with Crippen molar-refractivity contribution >= 4 is 16.9 Å². The number of fused-ring (bicyclic) bond motifs is 1. The van der Waals surface area contributed by atoms with Crippen LogP contribution in [0.15, 0.2) is 34.8 Å². The Morgan fingerprint density at radius 1 is 1.38 bits per heavy atom. The van der Waals surface area contributed by atoms with E-state index in [1.807, 2.05) is 27.7 Å². The lowest BCUT2D eigenvalue weighted by Crippen LogP contribution is -2.26. The number of carbonyl (C=O) groups is 1. The molecule has 0 radical (unpaired) electrons. The van der Waals surface area contributed by atoms with E-state index < -0.39 is 11.4 Å². The Morgan fingerprint density at radius 3 is 2.57 bits per heavy atom. The smallest absolute Gasteiger partial charge is 0.135 e. The molecule has 0 saturated carbocycles. The molecule has 0 N–H and O–H groups in total. The number of hydrogen-bond donors (Lipinski definition) is 0. The summed E-state index contributed by atoms with van der Waals surface area (Å²) in [5.41, 5.74) is 1.07. The SMILES string of the molecule is C=C(C)COc1ccc2oc(C(C)(C)C)c(C(=O)[O-])c2c1. The number of hydrogen-bond acceptors (Lipinski definition) is 4. The lowest BCUT2D eigenvalue weighted by molar-refractivity contribution is -0.255. The molecular formula is C17H19O4-. The molecule has 0 bridgehead atoms. The normalized spacial score (nSPS) is 11.6. The van der Waals surface area contributed by atoms with E-state index in [0.29, 0.717) is 29.1 Å². The predicted molar refractivity (Wildman–Crippen MR) is 79.6 cm³/mol. The van der Waals surface area contributed by atoms with Gasteiger partial charge in [0.1, 0.15) is 23.7 Å². The van der Waals surface area contributed by atoms with E-state index in [2.05, 4.69) is 6.58 Å². The highest BCUT2D eigenvalue weighted by atomic mass is 16.5. The van der Waals surface area contributed by atoms with Crippen LogP contribution in [0, 0.1) is 0 Å². The molecule has 2 rings (SSSR count). The van der Waals surface area contributed by atoms with Crippen LogP contribution in [0.4, 0.5) is 0 Å². The number of aromatic carboxylic acids is 1. The van der Waals surface area contributed by atoms with E-state index in [-0.39, 0.29) is 5.56 Å². The summed E-state index contributed by atoms with van der Waals surface area (Å²) in [6.45, 7) is 11.7. The average Bonchev–Trinajstić information content (AvgIpc) is 2.74. The first-order chi connectivity index (χ1) is 9.70. The summed E-state index contributed by atoms with van der Waals surface area (Å²) in [6, 6.07) is 5.13. The van der Waals surface area contributed by atoms with Gasteiger partial charge in [-0.15, -0.1) is 0 Å². The Labute approximate surface area is 124 Å². The molecule has 2 aromatic rings. The third kappa shape index (κ3) is 3.10. The molecule has 0 aliphatic carbocycles. The van der Waals surface area contributed by atoms with Gasteiger partial charge < -0.3 is 19.1 Å². The molecule has 0 aliphatic rings. The number of carboxylic acids is 1. The number of ether oxygens (including phenoxy) is 1. The quantitative estimate of drug-likeness (QED) is 0.811. The minimum absolute atomic E-state index is 0.0956. The van der Waals surface area contributed by atoms with Crippen LogP contribution in [-0.4, -0.2) is 12.6 Å². The molecule has 1 aromatic heterocycles. The summed E-state index contributed by atoms with van der Waals surface area (Å²) < 4.78 is 11.3. The monoisotopic (exact) mass is 287 g/mol. The van der Waals surface area contributed by atoms with Crippen molar-refractivity contribution in [3.63, 3.8) is 0 Å². The maximum Gasteiger partial charge on any atom is 0.135 e. The molecule has 0 atom stereocenters. The molecule has 0 fully saturated rings. The molecule has 112 valence electrons. The van der Waals surface area contributed by atoms with Gasteiger partial charge >= 0.3 is 0 Å². The number of rotatable bonds is 4. The van der Waals surface area contributed by atoms with Gasteiger partial charge in [0.25, 0.3) is 0 Å². The van der Waals surface area contributed by atoms with Gasteiger partial charge in [0.05, 0.1) is 5.97 Å². The highest BCUT2D eigenvalue weighted by Crippen LogP contribution is 2.35. The van der Waals surface area contributed by atoms with Crippen LogP contribution in [0.25, 0.3) is 11.0 Å². The molecular weight excluding hydrogens is 268 g/mol. The van der Waals surface area contributed by atoms with Crippen molar-refractivity contribution in [2.45, 2.75) is 33.1 Å². The number of benzene rings is 1. The first kappa shape index (κ1) is 15.2. The van der Waals surface area contributed by atoms with Gasteiger partial charge in [-0.05, 0) is 30.7 Å². The Hall–Kier alpha value is -2.23. The molecule has 0 amide bonds. The van der Waals surface area contributed by atoms with Crippen LogP contribution >= 0.6 is 0 Å². The van der Waals surface area contributed by atoms with Crippen molar-refractivity contribution in [1.29, 1.82) is 0 Å². The van der Waals surface area contributed by atoms with E-state index in [9.17, 15) is 9.90 Å². The Bertz CT molecular complexity index is 701. The van der Waals surface area contributed by atoms with E-state index in [1.54, 1.807) is 18.2 Å². The second kappa shape index (κ2) is 5.28. The van der Waals surface area contributed by atoms with Gasteiger partial charge in [0, 0.05) is 16.4 Å². The molecule has 0 spiro atoms. The minimum atomic E-state index is -1.24. The van der Waals surface area contributed by atoms with Crippen molar-refractivity contribution in [2.75, 3.05) is 6.61 Å². The fourth-order valence-corrected chi connectivity index (χ4v) is 2.10. The zero-order valence-electron chi connectivity index (χ0n) is 12.8. The van der Waals surface area contributed by atoms with Crippen LogP contribution in [0.5, 0.6) is 5.75 Å². The zero-order chi connectivity index (χ0) is 15.8. The Kier molecular flexibility index (Phi) is 3.81. The topological polar surface area (TPSA) is 62.5 Å². The number of carbonyl (C=O) groups excluding carboxylic acids is 1. The van der Waals surface area contributed by atoms with E-state index in [4.69, 9.17) is 9.15 Å². The lowest BCUT2D eigenvalue weighted by Gasteiger charge is -2.17. The summed E-state index contributed by atoms with van der Waals surface area (Å²) in [5, 5.41) is 12.0. The van der Waals surface area contributed by atoms with Crippen LogP contribution in [0.2, 0.25) is 0 Å². The summed E-state index contributed by atoms with van der Waals surface area (Å²) in [7, 11) is 0. The third-order valence-corrected chi connectivity index (χ3v) is 3.03. The Balaban J connectivity index is 2.57. The first-order valence-corrected chi connectivity index (χ1v) is 6.75. The predicted octanol–water partition coefficient (Wildman–Crippen LogP) is 3.05. The van der Waals surface area contributed by atoms with Crippen molar-refractivity contribution in [3.8, 4) is 5.75 Å². The second-order valence-corrected chi connectivity index (χ2v) is 6.25. The molecule has 0 unspecified atom stereocenters. The maximum atomic E-state index is 11.5. The summed E-state index contributed by atoms with van der Waals surface area (Å²) in [4.78, 5) is 11.5. The first-order valence-electron chi connectivity index (χ1n) is 6.75. The van der Waals surface area contributed by atoms with Crippen LogP contribution in [0.1, 0.15) is 43.8 Å². The lowest BCUT2D eigenvalue weighted by atomic mass is 9.89.